The molecule has 0 saturated carbocycles. The van der Waals surface area contributed by atoms with Gasteiger partial charge in [-0.3, -0.25) is 4.68 Å². The first-order valence-electron chi connectivity index (χ1n) is 9.48. The zero-order valence-electron chi connectivity index (χ0n) is 16.9. The third kappa shape index (κ3) is 4.06. The number of aromatic nitrogens is 4. The molecule has 144 valence electrons. The molecule has 0 aliphatic carbocycles. The standard InChI is InChI=1S/C21H29N5O/c1-6-11-25-16(3)18(13-23-25)12-22-15(2)21-14-24-26(17(21)4)19-7-9-20(27-5)10-8-19/h7-10,13-15,22H,6,11-12H2,1-5H3. The van der Waals surface area contributed by atoms with Gasteiger partial charge in [0, 0.05) is 41.6 Å². The predicted octanol–water partition coefficient (Wildman–Crippen LogP) is 3.96. The fraction of sp³-hybridized carbons (Fsp3) is 0.429. The first kappa shape index (κ1) is 19.2. The van der Waals surface area contributed by atoms with E-state index >= 15 is 0 Å². The van der Waals surface area contributed by atoms with Crippen LogP contribution in [0.2, 0.25) is 0 Å². The molecule has 0 spiro atoms. The van der Waals surface area contributed by atoms with Crippen molar-refractivity contribution in [1.82, 2.24) is 24.9 Å². The molecule has 0 bridgehead atoms. The van der Waals surface area contributed by atoms with Crippen molar-refractivity contribution in [3.63, 3.8) is 0 Å². The molecule has 1 unspecified atom stereocenters. The molecule has 0 aliphatic heterocycles. The Bertz CT molecular complexity index is 879. The van der Waals surface area contributed by atoms with Gasteiger partial charge in [0.15, 0.2) is 0 Å². The number of benzene rings is 1. The van der Waals surface area contributed by atoms with Gasteiger partial charge < -0.3 is 10.1 Å². The quantitative estimate of drug-likeness (QED) is 0.655. The first-order valence-corrected chi connectivity index (χ1v) is 9.48. The van der Waals surface area contributed by atoms with Crippen molar-refractivity contribution in [2.45, 2.75) is 53.2 Å². The van der Waals surface area contributed by atoms with Crippen LogP contribution in [-0.2, 0) is 13.1 Å². The van der Waals surface area contributed by atoms with Crippen LogP contribution in [0, 0.1) is 13.8 Å². The van der Waals surface area contributed by atoms with Crippen molar-refractivity contribution in [2.24, 2.45) is 0 Å². The molecule has 2 heterocycles. The van der Waals surface area contributed by atoms with E-state index in [2.05, 4.69) is 47.9 Å². The van der Waals surface area contributed by atoms with Crippen molar-refractivity contribution in [3.05, 3.63) is 59.2 Å². The van der Waals surface area contributed by atoms with Gasteiger partial charge in [-0.15, -0.1) is 0 Å². The van der Waals surface area contributed by atoms with E-state index in [0.717, 1.165) is 36.6 Å². The second-order valence-corrected chi connectivity index (χ2v) is 6.88. The van der Waals surface area contributed by atoms with Crippen LogP contribution in [0.3, 0.4) is 0 Å². The number of nitrogens with zero attached hydrogens (tertiary/aromatic N) is 4. The van der Waals surface area contributed by atoms with Crippen molar-refractivity contribution in [1.29, 1.82) is 0 Å². The van der Waals surface area contributed by atoms with E-state index in [9.17, 15) is 0 Å². The Kier molecular flexibility index (Phi) is 5.96. The number of nitrogens with one attached hydrogen (secondary N) is 1. The molecule has 6 nitrogen and oxygen atoms in total. The van der Waals surface area contributed by atoms with Gasteiger partial charge in [-0.2, -0.15) is 10.2 Å². The zero-order chi connectivity index (χ0) is 19.4. The molecule has 3 rings (SSSR count). The molecule has 2 aromatic heterocycles. The largest absolute Gasteiger partial charge is 0.497 e. The maximum atomic E-state index is 5.23. The van der Waals surface area contributed by atoms with E-state index in [4.69, 9.17) is 4.74 Å². The molecule has 6 heteroatoms. The number of hydrogen-bond acceptors (Lipinski definition) is 4. The summed E-state index contributed by atoms with van der Waals surface area (Å²) < 4.78 is 9.28. The van der Waals surface area contributed by atoms with Crippen molar-refractivity contribution >= 4 is 0 Å². The van der Waals surface area contributed by atoms with Gasteiger partial charge in [0.2, 0.25) is 0 Å². The van der Waals surface area contributed by atoms with Crippen LogP contribution in [0.25, 0.3) is 5.69 Å². The predicted molar refractivity (Wildman–Crippen MR) is 107 cm³/mol. The van der Waals surface area contributed by atoms with Gasteiger partial charge in [0.25, 0.3) is 0 Å². The Morgan fingerprint density at radius 2 is 1.81 bits per heavy atom. The van der Waals surface area contributed by atoms with Crippen LogP contribution < -0.4 is 10.1 Å². The summed E-state index contributed by atoms with van der Waals surface area (Å²) in [4.78, 5) is 0. The van der Waals surface area contributed by atoms with Crippen molar-refractivity contribution in [3.8, 4) is 11.4 Å². The number of rotatable bonds is 8. The highest BCUT2D eigenvalue weighted by Gasteiger charge is 2.15. The summed E-state index contributed by atoms with van der Waals surface area (Å²) in [6, 6.07) is 8.15. The Labute approximate surface area is 161 Å². The Morgan fingerprint density at radius 3 is 2.48 bits per heavy atom. The Hall–Kier alpha value is -2.60. The highest BCUT2D eigenvalue weighted by molar-refractivity contribution is 5.39. The number of aryl methyl sites for hydroxylation is 1. The van der Waals surface area contributed by atoms with E-state index in [1.807, 2.05) is 41.3 Å². The minimum Gasteiger partial charge on any atom is -0.497 e. The minimum absolute atomic E-state index is 0.200. The molecule has 0 radical (unpaired) electrons. The Balaban J connectivity index is 1.70. The fourth-order valence-corrected chi connectivity index (χ4v) is 3.30. The molecule has 27 heavy (non-hydrogen) atoms. The van der Waals surface area contributed by atoms with Crippen molar-refractivity contribution < 1.29 is 4.74 Å². The maximum absolute atomic E-state index is 5.23. The van der Waals surface area contributed by atoms with Crippen LogP contribution in [0.4, 0.5) is 0 Å². The smallest absolute Gasteiger partial charge is 0.119 e. The second kappa shape index (κ2) is 8.39. The van der Waals surface area contributed by atoms with Crippen LogP contribution in [0.15, 0.2) is 36.7 Å². The van der Waals surface area contributed by atoms with E-state index in [-0.39, 0.29) is 6.04 Å². The minimum atomic E-state index is 0.200. The van der Waals surface area contributed by atoms with E-state index in [0.29, 0.717) is 0 Å². The van der Waals surface area contributed by atoms with Gasteiger partial charge in [0.1, 0.15) is 5.75 Å². The normalized spacial score (nSPS) is 12.3. The van der Waals surface area contributed by atoms with Crippen LogP contribution in [-0.4, -0.2) is 26.7 Å². The summed E-state index contributed by atoms with van der Waals surface area (Å²) in [7, 11) is 1.67. The lowest BCUT2D eigenvalue weighted by atomic mass is 10.1. The van der Waals surface area contributed by atoms with E-state index < -0.39 is 0 Å². The highest BCUT2D eigenvalue weighted by Crippen LogP contribution is 2.22. The summed E-state index contributed by atoms with van der Waals surface area (Å²) in [5.74, 6) is 0.845. The van der Waals surface area contributed by atoms with Crippen LogP contribution in [0.1, 0.15) is 48.8 Å². The fourth-order valence-electron chi connectivity index (χ4n) is 3.30. The summed E-state index contributed by atoms with van der Waals surface area (Å²) in [5.41, 5.74) is 5.85. The maximum Gasteiger partial charge on any atom is 0.119 e. The van der Waals surface area contributed by atoms with Crippen molar-refractivity contribution in [2.75, 3.05) is 7.11 Å². The number of methoxy groups -OCH3 is 1. The molecule has 1 atom stereocenters. The first-order chi connectivity index (χ1) is 13.0. The molecule has 0 aliphatic rings. The molecular formula is C21H29N5O. The van der Waals surface area contributed by atoms with Crippen LogP contribution >= 0.6 is 0 Å². The SMILES string of the molecule is CCCn1ncc(CNC(C)c2cnn(-c3ccc(OC)cc3)c2C)c1C. The topological polar surface area (TPSA) is 56.9 Å². The number of hydrogen-bond donors (Lipinski definition) is 1. The molecule has 0 amide bonds. The summed E-state index contributed by atoms with van der Waals surface area (Å²) in [5, 5.41) is 12.7. The Morgan fingerprint density at radius 1 is 1.07 bits per heavy atom. The lowest BCUT2D eigenvalue weighted by molar-refractivity contribution is 0.414. The monoisotopic (exact) mass is 367 g/mol. The van der Waals surface area contributed by atoms with E-state index in [1.165, 1.54) is 16.8 Å². The molecule has 0 fully saturated rings. The van der Waals surface area contributed by atoms with Gasteiger partial charge in [-0.1, -0.05) is 6.92 Å². The highest BCUT2D eigenvalue weighted by atomic mass is 16.5. The lowest BCUT2D eigenvalue weighted by Crippen LogP contribution is -2.19. The summed E-state index contributed by atoms with van der Waals surface area (Å²) in [6.45, 7) is 10.4. The van der Waals surface area contributed by atoms with Gasteiger partial charge in [-0.05, 0) is 51.5 Å². The van der Waals surface area contributed by atoms with E-state index in [1.54, 1.807) is 7.11 Å². The molecule has 1 N–H and O–H groups in total. The molecular weight excluding hydrogens is 338 g/mol. The average molecular weight is 367 g/mol. The third-order valence-electron chi connectivity index (χ3n) is 5.07. The van der Waals surface area contributed by atoms with Gasteiger partial charge in [0.05, 0.1) is 25.2 Å². The average Bonchev–Trinajstić information content (AvgIpc) is 3.23. The summed E-state index contributed by atoms with van der Waals surface area (Å²) in [6.07, 6.45) is 5.01. The molecule has 1 aromatic carbocycles. The van der Waals surface area contributed by atoms with Crippen LogP contribution in [0.5, 0.6) is 5.75 Å². The lowest BCUT2D eigenvalue weighted by Gasteiger charge is -2.14. The summed E-state index contributed by atoms with van der Waals surface area (Å²) >= 11 is 0. The molecule has 3 aromatic rings. The second-order valence-electron chi connectivity index (χ2n) is 6.88. The molecule has 0 saturated heterocycles. The van der Waals surface area contributed by atoms with Gasteiger partial charge in [-0.25, -0.2) is 4.68 Å². The van der Waals surface area contributed by atoms with Gasteiger partial charge >= 0.3 is 0 Å². The third-order valence-corrected chi connectivity index (χ3v) is 5.07. The zero-order valence-corrected chi connectivity index (χ0v) is 16.9. The number of ether oxygens (including phenoxy) is 1.